The minimum absolute atomic E-state index is 0.207. The zero-order valence-electron chi connectivity index (χ0n) is 15.7. The number of piperazine rings is 1. The molecule has 1 fully saturated rings. The number of sulfonamides is 1. The molecule has 2 rings (SSSR count). The lowest BCUT2D eigenvalue weighted by atomic mass is 10.1. The van der Waals surface area contributed by atoms with E-state index in [1.165, 1.54) is 0 Å². The molecular formula is C16H31N5O2S. The first-order valence-corrected chi connectivity index (χ1v) is 10.0. The third-order valence-corrected chi connectivity index (χ3v) is 6.84. The summed E-state index contributed by atoms with van der Waals surface area (Å²) < 4.78 is 27.7. The Morgan fingerprint density at radius 3 is 2.25 bits per heavy atom. The van der Waals surface area contributed by atoms with E-state index in [2.05, 4.69) is 47.9 Å². The molecule has 1 saturated heterocycles. The van der Waals surface area contributed by atoms with Gasteiger partial charge in [-0.25, -0.2) is 8.42 Å². The number of aromatic nitrogens is 2. The van der Waals surface area contributed by atoms with Crippen molar-refractivity contribution in [3.63, 3.8) is 0 Å². The summed E-state index contributed by atoms with van der Waals surface area (Å²) in [6, 6.07) is 0.413. The van der Waals surface area contributed by atoms with Gasteiger partial charge in [0.1, 0.15) is 4.90 Å². The van der Waals surface area contributed by atoms with Crippen LogP contribution in [0.5, 0.6) is 0 Å². The molecule has 7 nitrogen and oxygen atoms in total. The van der Waals surface area contributed by atoms with E-state index in [0.29, 0.717) is 29.4 Å². The number of aromatic amines is 1. The van der Waals surface area contributed by atoms with Crippen LogP contribution in [0.2, 0.25) is 0 Å². The van der Waals surface area contributed by atoms with Crippen molar-refractivity contribution in [2.75, 3.05) is 40.3 Å². The fraction of sp³-hybridized carbons (Fsp3) is 0.812. The third kappa shape index (κ3) is 3.99. The lowest BCUT2D eigenvalue weighted by Gasteiger charge is -2.44. The molecule has 1 aromatic rings. The first kappa shape index (κ1) is 19.4. The minimum atomic E-state index is -3.50. The van der Waals surface area contributed by atoms with E-state index in [1.54, 1.807) is 18.2 Å². The molecule has 0 amide bonds. The van der Waals surface area contributed by atoms with Crippen LogP contribution < -0.4 is 0 Å². The van der Waals surface area contributed by atoms with Crippen molar-refractivity contribution in [3.8, 4) is 0 Å². The van der Waals surface area contributed by atoms with Crippen LogP contribution in [0, 0.1) is 13.8 Å². The standard InChI is InChI=1S/C16H31N5O2S/c1-12-10-20(11-13(2)21(12)9-7-8-19(5)6)24(22,23)16-14(3)17-18-15(16)4/h12-13H,7-11H2,1-6H3,(H,17,18). The van der Waals surface area contributed by atoms with Crippen LogP contribution in [0.25, 0.3) is 0 Å². The molecule has 138 valence electrons. The van der Waals surface area contributed by atoms with E-state index in [-0.39, 0.29) is 12.1 Å². The highest BCUT2D eigenvalue weighted by Crippen LogP contribution is 2.26. The van der Waals surface area contributed by atoms with Crippen LogP contribution in [-0.2, 0) is 10.0 Å². The average molecular weight is 358 g/mol. The highest BCUT2D eigenvalue weighted by Gasteiger charge is 2.37. The first-order valence-electron chi connectivity index (χ1n) is 8.56. The van der Waals surface area contributed by atoms with Gasteiger partial charge < -0.3 is 4.90 Å². The number of H-pyrrole nitrogens is 1. The van der Waals surface area contributed by atoms with Crippen LogP contribution in [0.3, 0.4) is 0 Å². The molecule has 1 N–H and O–H groups in total. The smallest absolute Gasteiger partial charge is 0.246 e. The Kier molecular flexibility index (Phi) is 6.06. The van der Waals surface area contributed by atoms with Crippen LogP contribution >= 0.6 is 0 Å². The van der Waals surface area contributed by atoms with Crippen LogP contribution in [-0.4, -0.2) is 85.1 Å². The van der Waals surface area contributed by atoms with Crippen LogP contribution in [0.1, 0.15) is 31.7 Å². The summed E-state index contributed by atoms with van der Waals surface area (Å²) in [5.74, 6) is 0. The van der Waals surface area contributed by atoms with Crippen molar-refractivity contribution in [2.24, 2.45) is 0 Å². The molecule has 0 saturated carbocycles. The predicted octanol–water partition coefficient (Wildman–Crippen LogP) is 1.06. The first-order chi connectivity index (χ1) is 11.1. The van der Waals surface area contributed by atoms with Crippen molar-refractivity contribution in [1.82, 2.24) is 24.3 Å². The summed E-state index contributed by atoms with van der Waals surface area (Å²) in [5, 5.41) is 6.82. The number of aryl methyl sites for hydroxylation is 2. The fourth-order valence-corrected chi connectivity index (χ4v) is 5.50. The molecule has 2 unspecified atom stereocenters. The second-order valence-corrected chi connectivity index (χ2v) is 9.05. The molecule has 0 aliphatic carbocycles. The molecule has 0 radical (unpaired) electrons. The highest BCUT2D eigenvalue weighted by atomic mass is 32.2. The summed E-state index contributed by atoms with van der Waals surface area (Å²) in [4.78, 5) is 4.94. The number of rotatable bonds is 6. The van der Waals surface area contributed by atoms with Gasteiger partial charge in [-0.1, -0.05) is 0 Å². The van der Waals surface area contributed by atoms with Gasteiger partial charge in [-0.3, -0.25) is 10.00 Å². The van der Waals surface area contributed by atoms with E-state index in [0.717, 1.165) is 19.5 Å². The summed E-state index contributed by atoms with van der Waals surface area (Å²) in [5.41, 5.74) is 1.16. The Hall–Kier alpha value is -0.960. The van der Waals surface area contributed by atoms with Gasteiger partial charge in [-0.05, 0) is 54.8 Å². The van der Waals surface area contributed by atoms with Crippen molar-refractivity contribution in [1.29, 1.82) is 0 Å². The predicted molar refractivity (Wildman–Crippen MR) is 95.6 cm³/mol. The second-order valence-electron chi connectivity index (χ2n) is 7.18. The number of hydrogen-bond donors (Lipinski definition) is 1. The maximum atomic E-state index is 13.0. The van der Waals surface area contributed by atoms with E-state index in [1.807, 2.05) is 0 Å². The van der Waals surface area contributed by atoms with Crippen LogP contribution in [0.4, 0.5) is 0 Å². The highest BCUT2D eigenvalue weighted by molar-refractivity contribution is 7.89. The van der Waals surface area contributed by atoms with Crippen LogP contribution in [0.15, 0.2) is 4.90 Å². The third-order valence-electron chi connectivity index (χ3n) is 4.75. The second kappa shape index (κ2) is 7.51. The summed E-state index contributed by atoms with van der Waals surface area (Å²) >= 11 is 0. The fourth-order valence-electron chi connectivity index (χ4n) is 3.56. The maximum Gasteiger partial charge on any atom is 0.246 e. The molecule has 1 aliphatic heterocycles. The Labute approximate surface area is 146 Å². The lowest BCUT2D eigenvalue weighted by molar-refractivity contribution is 0.0740. The van der Waals surface area contributed by atoms with Gasteiger partial charge in [0.15, 0.2) is 0 Å². The zero-order chi connectivity index (χ0) is 18.1. The molecular weight excluding hydrogens is 326 g/mol. The molecule has 0 bridgehead atoms. The quantitative estimate of drug-likeness (QED) is 0.824. The van der Waals surface area contributed by atoms with Gasteiger partial charge in [0.2, 0.25) is 10.0 Å². The summed E-state index contributed by atoms with van der Waals surface area (Å²) in [6.45, 7) is 10.8. The summed E-state index contributed by atoms with van der Waals surface area (Å²) in [7, 11) is 0.654. The van der Waals surface area contributed by atoms with E-state index >= 15 is 0 Å². The molecule has 24 heavy (non-hydrogen) atoms. The monoisotopic (exact) mass is 357 g/mol. The number of nitrogens with one attached hydrogen (secondary N) is 1. The minimum Gasteiger partial charge on any atom is -0.309 e. The van der Waals surface area contributed by atoms with E-state index in [9.17, 15) is 8.42 Å². The van der Waals surface area contributed by atoms with Gasteiger partial charge in [0.25, 0.3) is 0 Å². The number of hydrogen-bond acceptors (Lipinski definition) is 5. The topological polar surface area (TPSA) is 72.5 Å². The SMILES string of the molecule is Cc1n[nH]c(C)c1S(=O)(=O)N1CC(C)N(CCCN(C)C)C(C)C1. The molecule has 0 aromatic carbocycles. The Morgan fingerprint density at radius 2 is 1.79 bits per heavy atom. The summed E-state index contributed by atoms with van der Waals surface area (Å²) in [6.07, 6.45) is 1.09. The van der Waals surface area contributed by atoms with E-state index in [4.69, 9.17) is 0 Å². The van der Waals surface area contributed by atoms with Gasteiger partial charge in [0, 0.05) is 31.7 Å². The largest absolute Gasteiger partial charge is 0.309 e. The normalized spacial score (nSPS) is 24.0. The molecule has 2 heterocycles. The number of nitrogens with zero attached hydrogens (tertiary/aromatic N) is 4. The van der Waals surface area contributed by atoms with Crippen molar-refractivity contribution < 1.29 is 8.42 Å². The van der Waals surface area contributed by atoms with Gasteiger partial charge in [-0.15, -0.1) is 0 Å². The Morgan fingerprint density at radius 1 is 1.21 bits per heavy atom. The van der Waals surface area contributed by atoms with E-state index < -0.39 is 10.0 Å². The molecule has 2 atom stereocenters. The van der Waals surface area contributed by atoms with Crippen molar-refractivity contribution in [2.45, 2.75) is 51.1 Å². The van der Waals surface area contributed by atoms with Gasteiger partial charge >= 0.3 is 0 Å². The maximum absolute atomic E-state index is 13.0. The lowest BCUT2D eigenvalue weighted by Crippen LogP contribution is -2.58. The molecule has 1 aromatic heterocycles. The average Bonchev–Trinajstić information content (AvgIpc) is 2.81. The van der Waals surface area contributed by atoms with Crippen molar-refractivity contribution >= 4 is 10.0 Å². The molecule has 8 heteroatoms. The van der Waals surface area contributed by atoms with Crippen molar-refractivity contribution in [3.05, 3.63) is 11.4 Å². The Bertz CT molecular complexity index is 624. The Balaban J connectivity index is 2.11. The molecule has 1 aliphatic rings. The van der Waals surface area contributed by atoms with Gasteiger partial charge in [-0.2, -0.15) is 9.40 Å². The molecule has 0 spiro atoms. The van der Waals surface area contributed by atoms with Gasteiger partial charge in [0.05, 0.1) is 11.4 Å². The zero-order valence-corrected chi connectivity index (χ0v) is 16.5.